The van der Waals surface area contributed by atoms with E-state index in [2.05, 4.69) is 12.2 Å². The van der Waals surface area contributed by atoms with Crippen LogP contribution in [0.25, 0.3) is 0 Å². The molecule has 0 spiro atoms. The van der Waals surface area contributed by atoms with Gasteiger partial charge in [0.15, 0.2) is 0 Å². The molecule has 0 aliphatic heterocycles. The molecular formula is C12H23NO2. The van der Waals surface area contributed by atoms with Crippen LogP contribution in [0.5, 0.6) is 0 Å². The van der Waals surface area contributed by atoms with Gasteiger partial charge in [0.1, 0.15) is 0 Å². The van der Waals surface area contributed by atoms with Crippen molar-refractivity contribution in [3.8, 4) is 0 Å². The van der Waals surface area contributed by atoms with Gasteiger partial charge in [0.2, 0.25) is 5.91 Å². The summed E-state index contributed by atoms with van der Waals surface area (Å²) in [4.78, 5) is 11.8. The number of aliphatic hydroxyl groups excluding tert-OH is 1. The van der Waals surface area contributed by atoms with Gasteiger partial charge in [0.05, 0.1) is 6.10 Å². The zero-order chi connectivity index (χ0) is 11.3. The van der Waals surface area contributed by atoms with Gasteiger partial charge >= 0.3 is 0 Å². The summed E-state index contributed by atoms with van der Waals surface area (Å²) < 4.78 is 0. The Morgan fingerprint density at radius 2 is 2.07 bits per heavy atom. The molecule has 1 amide bonds. The first-order valence-electron chi connectivity index (χ1n) is 6.01. The second kappa shape index (κ2) is 5.50. The summed E-state index contributed by atoms with van der Waals surface area (Å²) >= 11 is 0. The molecule has 0 heterocycles. The van der Waals surface area contributed by atoms with E-state index < -0.39 is 0 Å². The van der Waals surface area contributed by atoms with Crippen molar-refractivity contribution in [2.75, 3.05) is 6.54 Å². The molecule has 15 heavy (non-hydrogen) atoms. The Kier molecular flexibility index (Phi) is 4.58. The lowest BCUT2D eigenvalue weighted by atomic mass is 9.88. The Balaban J connectivity index is 2.18. The third kappa shape index (κ3) is 3.82. The smallest absolute Gasteiger partial charge is 0.225 e. The third-order valence-corrected chi connectivity index (χ3v) is 3.34. The number of rotatable bonds is 5. The minimum Gasteiger partial charge on any atom is -0.393 e. The number of nitrogens with one attached hydrogen (secondary N) is 1. The van der Waals surface area contributed by atoms with Crippen LogP contribution in [0.2, 0.25) is 0 Å². The molecule has 0 aromatic heterocycles. The minimum absolute atomic E-state index is 0.120. The van der Waals surface area contributed by atoms with E-state index >= 15 is 0 Å². The Bertz CT molecular complexity index is 208. The standard InChI is InChI=1S/C12H23NO2/c1-10(14)6-5-9-13-11(15)12(2)7-3-4-8-12/h10,14H,3-9H2,1-2H3,(H,13,15). The van der Waals surface area contributed by atoms with Crippen LogP contribution < -0.4 is 5.32 Å². The summed E-state index contributed by atoms with van der Waals surface area (Å²) in [5.74, 6) is 0.200. The van der Waals surface area contributed by atoms with E-state index in [9.17, 15) is 4.79 Å². The molecule has 0 aromatic rings. The highest BCUT2D eigenvalue weighted by Gasteiger charge is 2.35. The van der Waals surface area contributed by atoms with Crippen LogP contribution >= 0.6 is 0 Å². The molecule has 0 saturated heterocycles. The van der Waals surface area contributed by atoms with Crippen LogP contribution in [0, 0.1) is 5.41 Å². The third-order valence-electron chi connectivity index (χ3n) is 3.34. The Labute approximate surface area is 92.3 Å². The van der Waals surface area contributed by atoms with Crippen LogP contribution in [-0.2, 0) is 4.79 Å². The zero-order valence-corrected chi connectivity index (χ0v) is 9.88. The molecule has 1 unspecified atom stereocenters. The van der Waals surface area contributed by atoms with Gasteiger partial charge in [0, 0.05) is 12.0 Å². The van der Waals surface area contributed by atoms with Gasteiger partial charge in [-0.05, 0) is 32.6 Å². The molecule has 0 bridgehead atoms. The fourth-order valence-corrected chi connectivity index (χ4v) is 2.20. The molecule has 88 valence electrons. The monoisotopic (exact) mass is 213 g/mol. The summed E-state index contributed by atoms with van der Waals surface area (Å²) in [5.41, 5.74) is -0.120. The second-order valence-electron chi connectivity index (χ2n) is 5.01. The summed E-state index contributed by atoms with van der Waals surface area (Å²) in [6.07, 6.45) is 5.76. The predicted octanol–water partition coefficient (Wildman–Crippen LogP) is 1.84. The average Bonchev–Trinajstić information content (AvgIpc) is 2.60. The van der Waals surface area contributed by atoms with Gasteiger partial charge in [-0.15, -0.1) is 0 Å². The highest BCUT2D eigenvalue weighted by molar-refractivity contribution is 5.82. The summed E-state index contributed by atoms with van der Waals surface area (Å²) in [6.45, 7) is 4.53. The first-order chi connectivity index (χ1) is 7.04. The van der Waals surface area contributed by atoms with E-state index in [1.807, 2.05) is 0 Å². The lowest BCUT2D eigenvalue weighted by molar-refractivity contribution is -0.129. The summed E-state index contributed by atoms with van der Waals surface area (Å²) in [7, 11) is 0. The van der Waals surface area contributed by atoms with Crippen LogP contribution in [0.3, 0.4) is 0 Å². The van der Waals surface area contributed by atoms with Crippen LogP contribution in [0.1, 0.15) is 52.4 Å². The average molecular weight is 213 g/mol. The summed E-state index contributed by atoms with van der Waals surface area (Å²) in [5, 5.41) is 12.0. The molecular weight excluding hydrogens is 190 g/mol. The SMILES string of the molecule is CC(O)CCCNC(=O)C1(C)CCCC1. The van der Waals surface area contributed by atoms with E-state index in [1.165, 1.54) is 12.8 Å². The molecule has 1 aliphatic carbocycles. The Hall–Kier alpha value is -0.570. The molecule has 3 nitrogen and oxygen atoms in total. The van der Waals surface area contributed by atoms with Crippen molar-refractivity contribution >= 4 is 5.91 Å². The Morgan fingerprint density at radius 1 is 1.47 bits per heavy atom. The number of carbonyl (C=O) groups is 1. The topological polar surface area (TPSA) is 49.3 Å². The summed E-state index contributed by atoms with van der Waals surface area (Å²) in [6, 6.07) is 0. The molecule has 1 fully saturated rings. The molecule has 0 radical (unpaired) electrons. The van der Waals surface area contributed by atoms with E-state index in [-0.39, 0.29) is 17.4 Å². The van der Waals surface area contributed by atoms with Gasteiger partial charge in [-0.3, -0.25) is 4.79 Å². The van der Waals surface area contributed by atoms with Crippen LogP contribution in [0.4, 0.5) is 0 Å². The lowest BCUT2D eigenvalue weighted by Gasteiger charge is -2.22. The molecule has 3 heteroatoms. The maximum atomic E-state index is 11.8. The zero-order valence-electron chi connectivity index (χ0n) is 9.88. The van der Waals surface area contributed by atoms with E-state index in [4.69, 9.17) is 5.11 Å². The number of amides is 1. The van der Waals surface area contributed by atoms with Crippen LogP contribution in [0.15, 0.2) is 0 Å². The molecule has 1 rings (SSSR count). The highest BCUT2D eigenvalue weighted by atomic mass is 16.3. The van der Waals surface area contributed by atoms with Gasteiger partial charge in [-0.2, -0.15) is 0 Å². The van der Waals surface area contributed by atoms with Crippen molar-refractivity contribution in [1.29, 1.82) is 0 Å². The molecule has 1 atom stereocenters. The lowest BCUT2D eigenvalue weighted by Crippen LogP contribution is -2.37. The molecule has 2 N–H and O–H groups in total. The minimum atomic E-state index is -0.260. The van der Waals surface area contributed by atoms with Crippen molar-refractivity contribution in [2.45, 2.75) is 58.5 Å². The number of aliphatic hydroxyl groups is 1. The van der Waals surface area contributed by atoms with E-state index in [1.54, 1.807) is 6.92 Å². The Morgan fingerprint density at radius 3 is 2.60 bits per heavy atom. The maximum absolute atomic E-state index is 11.8. The first-order valence-corrected chi connectivity index (χ1v) is 6.01. The van der Waals surface area contributed by atoms with Gasteiger partial charge in [0.25, 0.3) is 0 Å². The normalized spacial score (nSPS) is 21.3. The largest absolute Gasteiger partial charge is 0.393 e. The highest BCUT2D eigenvalue weighted by Crippen LogP contribution is 2.37. The van der Waals surface area contributed by atoms with Gasteiger partial charge < -0.3 is 10.4 Å². The number of carbonyl (C=O) groups excluding carboxylic acids is 1. The molecule has 1 saturated carbocycles. The van der Waals surface area contributed by atoms with Crippen molar-refractivity contribution in [1.82, 2.24) is 5.32 Å². The van der Waals surface area contributed by atoms with E-state index in [0.717, 1.165) is 25.7 Å². The van der Waals surface area contributed by atoms with Crippen molar-refractivity contribution in [3.05, 3.63) is 0 Å². The number of hydrogen-bond donors (Lipinski definition) is 2. The molecule has 0 aromatic carbocycles. The fourth-order valence-electron chi connectivity index (χ4n) is 2.20. The second-order valence-corrected chi connectivity index (χ2v) is 5.01. The van der Waals surface area contributed by atoms with E-state index in [0.29, 0.717) is 6.54 Å². The number of hydrogen-bond acceptors (Lipinski definition) is 2. The van der Waals surface area contributed by atoms with Gasteiger partial charge in [-0.25, -0.2) is 0 Å². The first kappa shape index (κ1) is 12.5. The predicted molar refractivity (Wildman–Crippen MR) is 60.5 cm³/mol. The van der Waals surface area contributed by atoms with Gasteiger partial charge in [-0.1, -0.05) is 19.8 Å². The van der Waals surface area contributed by atoms with Crippen molar-refractivity contribution < 1.29 is 9.90 Å². The van der Waals surface area contributed by atoms with Crippen molar-refractivity contribution in [2.24, 2.45) is 5.41 Å². The van der Waals surface area contributed by atoms with Crippen molar-refractivity contribution in [3.63, 3.8) is 0 Å². The van der Waals surface area contributed by atoms with Crippen LogP contribution in [-0.4, -0.2) is 23.7 Å². The maximum Gasteiger partial charge on any atom is 0.225 e. The quantitative estimate of drug-likeness (QED) is 0.685. The fraction of sp³-hybridized carbons (Fsp3) is 0.917. The molecule has 1 aliphatic rings.